The standard InChI is InChI=1S/C16H14ClF6N5S/c17-10-5-9(16(21,22)23)7-27-13(10)26-4-3-25-11-2-1-8(15(18,19)20)6-12(11)28-14(24)29/h1-2,5-7,25H,3-4H2,(H,26,27)(H3,24,28,29). The highest BCUT2D eigenvalue weighted by Gasteiger charge is 2.32. The normalized spacial score (nSPS) is 11.8. The molecule has 0 spiro atoms. The summed E-state index contributed by atoms with van der Waals surface area (Å²) in [5, 5.41) is 7.62. The number of hydrogen-bond acceptors (Lipinski definition) is 4. The van der Waals surface area contributed by atoms with Gasteiger partial charge in [0.2, 0.25) is 0 Å². The molecule has 0 radical (unpaired) electrons. The lowest BCUT2D eigenvalue weighted by Crippen LogP contribution is -2.21. The molecule has 2 rings (SSSR count). The van der Waals surface area contributed by atoms with Gasteiger partial charge in [-0.1, -0.05) is 11.6 Å². The van der Waals surface area contributed by atoms with E-state index in [4.69, 9.17) is 17.3 Å². The molecule has 0 fully saturated rings. The van der Waals surface area contributed by atoms with E-state index in [9.17, 15) is 26.3 Å². The van der Waals surface area contributed by atoms with Crippen molar-refractivity contribution in [3.05, 3.63) is 46.6 Å². The van der Waals surface area contributed by atoms with Crippen molar-refractivity contribution in [1.29, 1.82) is 0 Å². The van der Waals surface area contributed by atoms with Crippen molar-refractivity contribution in [2.75, 3.05) is 29.0 Å². The van der Waals surface area contributed by atoms with E-state index < -0.39 is 23.5 Å². The van der Waals surface area contributed by atoms with Crippen molar-refractivity contribution in [2.24, 2.45) is 5.73 Å². The number of alkyl halides is 6. The van der Waals surface area contributed by atoms with E-state index in [2.05, 4.69) is 33.2 Å². The Morgan fingerprint density at radius 2 is 1.59 bits per heavy atom. The van der Waals surface area contributed by atoms with E-state index >= 15 is 0 Å². The zero-order chi connectivity index (χ0) is 21.8. The third kappa shape index (κ3) is 6.53. The lowest BCUT2D eigenvalue weighted by atomic mass is 10.1. The van der Waals surface area contributed by atoms with Crippen LogP contribution in [0, 0.1) is 0 Å². The molecule has 0 bridgehead atoms. The quantitative estimate of drug-likeness (QED) is 0.279. The Labute approximate surface area is 171 Å². The van der Waals surface area contributed by atoms with Crippen LogP contribution in [0.3, 0.4) is 0 Å². The largest absolute Gasteiger partial charge is 0.417 e. The van der Waals surface area contributed by atoms with Gasteiger partial charge < -0.3 is 21.7 Å². The van der Waals surface area contributed by atoms with E-state index in [0.717, 1.165) is 18.2 Å². The first-order valence-corrected chi connectivity index (χ1v) is 8.64. The van der Waals surface area contributed by atoms with Gasteiger partial charge in [0.1, 0.15) is 5.82 Å². The number of pyridine rings is 1. The topological polar surface area (TPSA) is 75.0 Å². The van der Waals surface area contributed by atoms with Crippen LogP contribution in [0.25, 0.3) is 0 Å². The third-order valence-electron chi connectivity index (χ3n) is 3.51. The zero-order valence-corrected chi connectivity index (χ0v) is 16.0. The number of hydrogen-bond donors (Lipinski definition) is 4. The van der Waals surface area contributed by atoms with Crippen molar-refractivity contribution in [3.8, 4) is 0 Å². The Kier molecular flexibility index (Phi) is 7.01. The minimum atomic E-state index is -4.56. The van der Waals surface area contributed by atoms with Crippen LogP contribution in [0.2, 0.25) is 5.02 Å². The molecular weight excluding hydrogens is 444 g/mol. The molecule has 29 heavy (non-hydrogen) atoms. The summed E-state index contributed by atoms with van der Waals surface area (Å²) in [4.78, 5) is 3.62. The number of aromatic nitrogens is 1. The monoisotopic (exact) mass is 457 g/mol. The number of benzene rings is 1. The van der Waals surface area contributed by atoms with Crippen LogP contribution in [0.1, 0.15) is 11.1 Å². The summed E-state index contributed by atoms with van der Waals surface area (Å²) < 4.78 is 76.4. The van der Waals surface area contributed by atoms with Gasteiger partial charge in [-0.2, -0.15) is 26.3 Å². The maximum Gasteiger partial charge on any atom is 0.417 e. The number of nitrogens with two attached hydrogens (primary N) is 1. The van der Waals surface area contributed by atoms with Crippen LogP contribution in [-0.4, -0.2) is 23.2 Å². The number of anilines is 3. The first-order valence-electron chi connectivity index (χ1n) is 7.86. The van der Waals surface area contributed by atoms with E-state index in [1.165, 1.54) is 6.07 Å². The average molecular weight is 458 g/mol. The van der Waals surface area contributed by atoms with E-state index in [0.29, 0.717) is 11.9 Å². The molecule has 13 heteroatoms. The Balaban J connectivity index is 2.02. The fourth-order valence-electron chi connectivity index (χ4n) is 2.21. The van der Waals surface area contributed by atoms with Gasteiger partial charge in [-0.3, -0.25) is 0 Å². The molecule has 1 aromatic carbocycles. The molecule has 0 saturated heterocycles. The first kappa shape index (κ1) is 22.8. The highest BCUT2D eigenvalue weighted by atomic mass is 35.5. The summed E-state index contributed by atoms with van der Waals surface area (Å²) in [5.41, 5.74) is 3.79. The molecule has 1 heterocycles. The van der Waals surface area contributed by atoms with E-state index in [1.54, 1.807) is 0 Å². The van der Waals surface area contributed by atoms with Crippen LogP contribution in [0.15, 0.2) is 30.5 Å². The summed E-state index contributed by atoms with van der Waals surface area (Å²) in [5.74, 6) is 0.0374. The van der Waals surface area contributed by atoms with Crippen molar-refractivity contribution in [2.45, 2.75) is 12.4 Å². The molecule has 1 aromatic heterocycles. The predicted octanol–water partition coefficient (Wildman–Crippen LogP) is 4.95. The highest BCUT2D eigenvalue weighted by Crippen LogP contribution is 2.34. The second kappa shape index (κ2) is 8.91. The van der Waals surface area contributed by atoms with Crippen LogP contribution < -0.4 is 21.7 Å². The minimum absolute atomic E-state index is 0.0259. The Bertz CT molecular complexity index is 887. The van der Waals surface area contributed by atoms with Crippen LogP contribution in [0.4, 0.5) is 43.5 Å². The predicted molar refractivity (Wildman–Crippen MR) is 103 cm³/mol. The summed E-state index contributed by atoms with van der Waals surface area (Å²) in [6.45, 7) is 0.335. The van der Waals surface area contributed by atoms with E-state index in [1.807, 2.05) is 0 Å². The molecule has 0 amide bonds. The molecule has 0 saturated carbocycles. The molecule has 2 aromatic rings. The number of rotatable bonds is 6. The molecule has 5 nitrogen and oxygen atoms in total. The van der Waals surface area contributed by atoms with Gasteiger partial charge in [-0.15, -0.1) is 0 Å². The summed E-state index contributed by atoms with van der Waals surface area (Å²) >= 11 is 10.5. The van der Waals surface area contributed by atoms with Gasteiger partial charge in [-0.25, -0.2) is 4.98 Å². The SMILES string of the molecule is NC(=S)Nc1cc(C(F)(F)F)ccc1NCCNc1ncc(C(F)(F)F)cc1Cl. The molecular formula is C16H14ClF6N5S. The second-order valence-electron chi connectivity index (χ2n) is 5.65. The Morgan fingerprint density at radius 3 is 2.14 bits per heavy atom. The maximum absolute atomic E-state index is 12.9. The van der Waals surface area contributed by atoms with Gasteiger partial charge in [0.15, 0.2) is 5.11 Å². The van der Waals surface area contributed by atoms with Gasteiger partial charge in [0.05, 0.1) is 27.5 Å². The molecule has 5 N–H and O–H groups in total. The van der Waals surface area contributed by atoms with Gasteiger partial charge >= 0.3 is 12.4 Å². The molecule has 0 aliphatic carbocycles. The van der Waals surface area contributed by atoms with Crippen LogP contribution in [-0.2, 0) is 12.4 Å². The molecule has 158 valence electrons. The van der Waals surface area contributed by atoms with Crippen molar-refractivity contribution >= 4 is 46.1 Å². The number of nitrogens with zero attached hydrogens (tertiary/aromatic N) is 1. The molecule has 0 atom stereocenters. The minimum Gasteiger partial charge on any atom is -0.382 e. The Morgan fingerprint density at radius 1 is 0.966 bits per heavy atom. The highest BCUT2D eigenvalue weighted by molar-refractivity contribution is 7.80. The Hall–Kier alpha value is -2.47. The van der Waals surface area contributed by atoms with Crippen molar-refractivity contribution in [3.63, 3.8) is 0 Å². The summed E-state index contributed by atoms with van der Waals surface area (Å²) in [6, 6.07) is 3.68. The fraction of sp³-hybridized carbons (Fsp3) is 0.250. The third-order valence-corrected chi connectivity index (χ3v) is 3.90. The zero-order valence-electron chi connectivity index (χ0n) is 14.4. The van der Waals surface area contributed by atoms with E-state index in [-0.39, 0.29) is 34.7 Å². The van der Waals surface area contributed by atoms with Crippen LogP contribution in [0.5, 0.6) is 0 Å². The lowest BCUT2D eigenvalue weighted by molar-refractivity contribution is -0.138. The molecule has 0 unspecified atom stereocenters. The van der Waals surface area contributed by atoms with Crippen molar-refractivity contribution < 1.29 is 26.3 Å². The number of halogens is 7. The second-order valence-corrected chi connectivity index (χ2v) is 6.50. The van der Waals surface area contributed by atoms with Crippen LogP contribution >= 0.6 is 23.8 Å². The lowest BCUT2D eigenvalue weighted by Gasteiger charge is -2.16. The van der Waals surface area contributed by atoms with Crippen molar-refractivity contribution in [1.82, 2.24) is 4.98 Å². The summed E-state index contributed by atoms with van der Waals surface area (Å²) in [7, 11) is 0. The number of thiocarbonyl (C=S) groups is 1. The average Bonchev–Trinajstić information content (AvgIpc) is 2.58. The van der Waals surface area contributed by atoms with Gasteiger partial charge in [0.25, 0.3) is 0 Å². The maximum atomic E-state index is 12.9. The smallest absolute Gasteiger partial charge is 0.382 e. The van der Waals surface area contributed by atoms with Gasteiger partial charge in [-0.05, 0) is 36.5 Å². The number of nitrogens with one attached hydrogen (secondary N) is 3. The fourth-order valence-corrected chi connectivity index (χ4v) is 2.56. The molecule has 0 aliphatic rings. The van der Waals surface area contributed by atoms with Gasteiger partial charge in [0, 0.05) is 19.3 Å². The summed E-state index contributed by atoms with van der Waals surface area (Å²) in [6.07, 6.45) is -8.47. The first-order chi connectivity index (χ1) is 13.4. The molecule has 0 aliphatic heterocycles.